The summed E-state index contributed by atoms with van der Waals surface area (Å²) in [7, 11) is 3.15. The number of amidine groups is 1. The molecule has 1 amide bonds. The Kier molecular flexibility index (Phi) is 5.83. The first-order valence-electron chi connectivity index (χ1n) is 8.38. The molecule has 1 heterocycles. The largest absolute Gasteiger partial charge is 0.497 e. The van der Waals surface area contributed by atoms with Crippen LogP contribution in [0.1, 0.15) is 21.5 Å². The molecule has 0 saturated heterocycles. The fraction of sp³-hybridized carbons (Fsp3) is 0.300. The molecule has 2 aromatic rings. The molecule has 0 fully saturated rings. The number of carbonyl (C=O) groups excluding carboxylic acids is 1. The third-order valence-corrected chi connectivity index (χ3v) is 5.18. The average Bonchev–Trinajstić information content (AvgIpc) is 3.14. The van der Waals surface area contributed by atoms with Crippen LogP contribution in [-0.2, 0) is 5.75 Å². The molecule has 1 aliphatic rings. The van der Waals surface area contributed by atoms with Crippen LogP contribution in [0.3, 0.4) is 0 Å². The van der Waals surface area contributed by atoms with Gasteiger partial charge in [-0.15, -0.1) is 0 Å². The van der Waals surface area contributed by atoms with Gasteiger partial charge in [0.05, 0.1) is 20.8 Å². The van der Waals surface area contributed by atoms with Gasteiger partial charge in [-0.05, 0) is 24.6 Å². The lowest BCUT2D eigenvalue weighted by Crippen LogP contribution is -2.32. The number of hydrogen-bond acceptors (Lipinski definition) is 5. The van der Waals surface area contributed by atoms with Gasteiger partial charge in [0.1, 0.15) is 11.5 Å². The summed E-state index contributed by atoms with van der Waals surface area (Å²) in [4.78, 5) is 19.2. The van der Waals surface area contributed by atoms with E-state index in [0.717, 1.165) is 10.9 Å². The van der Waals surface area contributed by atoms with Crippen molar-refractivity contribution in [2.45, 2.75) is 12.7 Å². The Bertz CT molecular complexity index is 813. The van der Waals surface area contributed by atoms with Gasteiger partial charge in [0.25, 0.3) is 5.91 Å². The molecule has 0 radical (unpaired) electrons. The fourth-order valence-corrected chi connectivity index (χ4v) is 3.76. The molecule has 0 aliphatic carbocycles. The summed E-state index contributed by atoms with van der Waals surface area (Å²) in [6.07, 6.45) is 0. The number of thioether (sulfide) groups is 1. The zero-order valence-electron chi connectivity index (χ0n) is 15.2. The van der Waals surface area contributed by atoms with Crippen molar-refractivity contribution in [1.29, 1.82) is 0 Å². The highest BCUT2D eigenvalue weighted by Gasteiger charge is 2.26. The van der Waals surface area contributed by atoms with Crippen molar-refractivity contribution >= 4 is 22.8 Å². The van der Waals surface area contributed by atoms with Gasteiger partial charge in [0.2, 0.25) is 0 Å². The first kappa shape index (κ1) is 18.3. The summed E-state index contributed by atoms with van der Waals surface area (Å²) < 4.78 is 10.5. The Hall–Kier alpha value is -2.47. The van der Waals surface area contributed by atoms with Crippen molar-refractivity contribution in [1.82, 2.24) is 4.90 Å². The van der Waals surface area contributed by atoms with Gasteiger partial charge in [-0.25, -0.2) is 0 Å². The minimum Gasteiger partial charge on any atom is -0.497 e. The van der Waals surface area contributed by atoms with E-state index < -0.39 is 0 Å². The number of methoxy groups -OCH3 is 2. The summed E-state index contributed by atoms with van der Waals surface area (Å²) in [5, 5.41) is 0.762. The van der Waals surface area contributed by atoms with E-state index in [1.54, 1.807) is 49.1 Å². The number of aliphatic imine (C=N–C) groups is 1. The number of benzene rings is 2. The lowest BCUT2D eigenvalue weighted by atomic mass is 10.1. The zero-order valence-corrected chi connectivity index (χ0v) is 16.0. The third-order valence-electron chi connectivity index (χ3n) is 4.10. The molecule has 0 N–H and O–H groups in total. The minimum absolute atomic E-state index is 0.0878. The maximum atomic E-state index is 13.0. The van der Waals surface area contributed by atoms with E-state index >= 15 is 0 Å². The van der Waals surface area contributed by atoms with Crippen LogP contribution in [0.5, 0.6) is 11.5 Å². The van der Waals surface area contributed by atoms with Crippen LogP contribution in [0.25, 0.3) is 0 Å². The predicted molar refractivity (Wildman–Crippen MR) is 105 cm³/mol. The number of nitrogens with zero attached hydrogens (tertiary/aromatic N) is 2. The summed E-state index contributed by atoms with van der Waals surface area (Å²) in [6.45, 7) is 3.30. The van der Waals surface area contributed by atoms with Crippen molar-refractivity contribution < 1.29 is 14.3 Å². The molecular formula is C20H22N2O3S. The van der Waals surface area contributed by atoms with Crippen molar-refractivity contribution in [3.05, 3.63) is 59.2 Å². The molecule has 136 valence electrons. The highest BCUT2D eigenvalue weighted by atomic mass is 32.2. The monoisotopic (exact) mass is 370 g/mol. The first-order valence-corrected chi connectivity index (χ1v) is 9.37. The van der Waals surface area contributed by atoms with Crippen LogP contribution in [0.15, 0.2) is 47.5 Å². The molecule has 6 heteroatoms. The van der Waals surface area contributed by atoms with E-state index in [2.05, 4.69) is 30.1 Å². The highest BCUT2D eigenvalue weighted by molar-refractivity contribution is 8.13. The van der Waals surface area contributed by atoms with Gasteiger partial charge >= 0.3 is 0 Å². The van der Waals surface area contributed by atoms with E-state index in [0.29, 0.717) is 30.2 Å². The second-order valence-corrected chi connectivity index (χ2v) is 6.94. The number of hydrogen-bond donors (Lipinski definition) is 0. The number of amides is 1. The topological polar surface area (TPSA) is 51.1 Å². The van der Waals surface area contributed by atoms with Gasteiger partial charge in [-0.1, -0.05) is 41.6 Å². The van der Waals surface area contributed by atoms with Gasteiger partial charge in [-0.3, -0.25) is 14.7 Å². The minimum atomic E-state index is -0.0878. The summed E-state index contributed by atoms with van der Waals surface area (Å²) >= 11 is 1.59. The van der Waals surface area contributed by atoms with E-state index in [1.165, 1.54) is 11.1 Å². The Morgan fingerprint density at radius 3 is 2.54 bits per heavy atom. The van der Waals surface area contributed by atoms with E-state index in [9.17, 15) is 4.79 Å². The van der Waals surface area contributed by atoms with Crippen molar-refractivity contribution in [3.63, 3.8) is 0 Å². The van der Waals surface area contributed by atoms with E-state index in [4.69, 9.17) is 9.47 Å². The maximum Gasteiger partial charge on any atom is 0.260 e. The smallest absolute Gasteiger partial charge is 0.260 e. The van der Waals surface area contributed by atoms with Crippen molar-refractivity contribution in [3.8, 4) is 11.5 Å². The number of aryl methyl sites for hydroxylation is 1. The zero-order chi connectivity index (χ0) is 18.5. The van der Waals surface area contributed by atoms with E-state index in [1.807, 2.05) is 6.07 Å². The molecule has 0 bridgehead atoms. The van der Waals surface area contributed by atoms with Crippen LogP contribution >= 0.6 is 11.8 Å². The molecule has 0 unspecified atom stereocenters. The lowest BCUT2D eigenvalue weighted by molar-refractivity contribution is 0.0860. The molecule has 1 aliphatic heterocycles. The van der Waals surface area contributed by atoms with Crippen LogP contribution in [0.4, 0.5) is 0 Å². The molecule has 0 atom stereocenters. The SMILES string of the molecule is COc1cc(OC)cc(C(=O)N2CCN=C2SCc2cccc(C)c2)c1. The highest BCUT2D eigenvalue weighted by Crippen LogP contribution is 2.26. The van der Waals surface area contributed by atoms with Gasteiger partial charge < -0.3 is 9.47 Å². The second kappa shape index (κ2) is 8.27. The summed E-state index contributed by atoms with van der Waals surface area (Å²) in [5.41, 5.74) is 2.99. The Morgan fingerprint density at radius 2 is 1.88 bits per heavy atom. The first-order chi connectivity index (χ1) is 12.6. The Morgan fingerprint density at radius 1 is 1.15 bits per heavy atom. The normalized spacial score (nSPS) is 13.5. The molecule has 5 nitrogen and oxygen atoms in total. The van der Waals surface area contributed by atoms with Crippen LogP contribution in [-0.4, -0.2) is 43.3 Å². The predicted octanol–water partition coefficient (Wildman–Crippen LogP) is 3.76. The molecule has 3 rings (SSSR count). The maximum absolute atomic E-state index is 13.0. The third kappa shape index (κ3) is 4.19. The molecule has 0 spiro atoms. The molecule has 2 aromatic carbocycles. The van der Waals surface area contributed by atoms with Gasteiger partial charge in [0, 0.05) is 23.9 Å². The van der Waals surface area contributed by atoms with Crippen molar-refractivity contribution in [2.75, 3.05) is 27.3 Å². The van der Waals surface area contributed by atoms with E-state index in [-0.39, 0.29) is 5.91 Å². The standard InChI is InChI=1S/C20H22N2O3S/c1-14-5-4-6-15(9-14)13-26-20-21-7-8-22(20)19(23)16-10-17(24-2)12-18(11-16)25-3/h4-6,9-12H,7-8,13H2,1-3H3. The van der Waals surface area contributed by atoms with Gasteiger partial charge in [0.15, 0.2) is 5.17 Å². The van der Waals surface area contributed by atoms with Crippen molar-refractivity contribution in [2.24, 2.45) is 4.99 Å². The second-order valence-electron chi connectivity index (χ2n) is 6.00. The van der Waals surface area contributed by atoms with Gasteiger partial charge in [-0.2, -0.15) is 0 Å². The number of rotatable bonds is 5. The van der Waals surface area contributed by atoms with Crippen LogP contribution in [0, 0.1) is 6.92 Å². The number of carbonyl (C=O) groups is 1. The summed E-state index contributed by atoms with van der Waals surface area (Å²) in [5.74, 6) is 1.89. The number of ether oxygens (including phenoxy) is 2. The Labute approximate surface area is 158 Å². The molecule has 0 aromatic heterocycles. The summed E-state index contributed by atoms with van der Waals surface area (Å²) in [6, 6.07) is 13.6. The Balaban J connectivity index is 1.74. The molecular weight excluding hydrogens is 348 g/mol. The quantitative estimate of drug-likeness (QED) is 0.804. The molecule has 0 saturated carbocycles. The van der Waals surface area contributed by atoms with Crippen LogP contribution in [0.2, 0.25) is 0 Å². The van der Waals surface area contributed by atoms with Crippen LogP contribution < -0.4 is 9.47 Å². The molecule has 26 heavy (non-hydrogen) atoms. The fourth-order valence-electron chi connectivity index (χ4n) is 2.78. The average molecular weight is 370 g/mol. The lowest BCUT2D eigenvalue weighted by Gasteiger charge is -2.19.